The van der Waals surface area contributed by atoms with Gasteiger partial charge in [-0.3, -0.25) is 0 Å². The fraction of sp³-hybridized carbons (Fsp3) is 0.333. The molecular formula is C21H24N2S. The highest BCUT2D eigenvalue weighted by Crippen LogP contribution is 2.45. The predicted octanol–water partition coefficient (Wildman–Crippen LogP) is 4.19. The molecule has 2 nitrogen and oxygen atoms in total. The Morgan fingerprint density at radius 3 is 2.71 bits per heavy atom. The van der Waals surface area contributed by atoms with Crippen LogP contribution in [0.2, 0.25) is 0 Å². The number of hydrogen-bond donors (Lipinski definition) is 1. The van der Waals surface area contributed by atoms with Crippen LogP contribution in [0.3, 0.4) is 0 Å². The molecule has 2 aromatic rings. The second-order valence-corrected chi connectivity index (χ2v) is 7.68. The van der Waals surface area contributed by atoms with Crippen molar-refractivity contribution in [3.05, 3.63) is 65.2 Å². The van der Waals surface area contributed by atoms with Gasteiger partial charge in [-0.2, -0.15) is 0 Å². The molecular weight excluding hydrogens is 312 g/mol. The Kier molecular flexibility index (Phi) is 4.74. The molecule has 124 valence electrons. The zero-order chi connectivity index (χ0) is 16.4. The lowest BCUT2D eigenvalue weighted by atomic mass is 9.95. The Morgan fingerprint density at radius 2 is 1.83 bits per heavy atom. The minimum absolute atomic E-state index is 1.11. The van der Waals surface area contributed by atoms with Crippen LogP contribution in [0.25, 0.3) is 5.57 Å². The molecule has 0 aliphatic carbocycles. The summed E-state index contributed by atoms with van der Waals surface area (Å²) in [6.07, 6.45) is 3.57. The van der Waals surface area contributed by atoms with Crippen LogP contribution in [-0.4, -0.2) is 37.6 Å². The Hall–Kier alpha value is -1.55. The van der Waals surface area contributed by atoms with Crippen LogP contribution >= 0.6 is 11.8 Å². The summed E-state index contributed by atoms with van der Waals surface area (Å²) in [4.78, 5) is 5.32. The molecule has 24 heavy (non-hydrogen) atoms. The lowest BCUT2D eigenvalue weighted by Gasteiger charge is -2.27. The molecule has 0 saturated carbocycles. The smallest absolute Gasteiger partial charge is 0.0201 e. The molecule has 2 aromatic carbocycles. The Morgan fingerprint density at radius 1 is 1.04 bits per heavy atom. The molecule has 0 bridgehead atoms. The van der Waals surface area contributed by atoms with Gasteiger partial charge in [0.2, 0.25) is 0 Å². The standard InChI is InChI=1S/C21H24N2S/c1-16-8-9-21-19(15-16)17(18-5-2-3-7-20(18)24-21)6-4-12-23-13-10-22-11-14-23/h2-3,5-9,15,22H,4,10-14H2,1H3/b17-6+. The molecule has 2 heterocycles. The first-order chi connectivity index (χ1) is 11.8. The highest BCUT2D eigenvalue weighted by Gasteiger charge is 2.20. The molecule has 0 unspecified atom stereocenters. The maximum Gasteiger partial charge on any atom is 0.0201 e. The Bertz CT molecular complexity index is 760. The van der Waals surface area contributed by atoms with Gasteiger partial charge >= 0.3 is 0 Å². The number of fused-ring (bicyclic) bond motifs is 2. The summed E-state index contributed by atoms with van der Waals surface area (Å²) in [5, 5.41) is 3.43. The molecule has 0 atom stereocenters. The summed E-state index contributed by atoms with van der Waals surface area (Å²) < 4.78 is 0. The second kappa shape index (κ2) is 7.14. The van der Waals surface area contributed by atoms with Crippen molar-refractivity contribution in [2.75, 3.05) is 32.7 Å². The SMILES string of the molecule is Cc1ccc2c(c1)/C(=C/CCN1CCNCC1)c1ccccc1S2. The average molecular weight is 337 g/mol. The lowest BCUT2D eigenvalue weighted by molar-refractivity contribution is 0.245. The number of nitrogens with zero attached hydrogens (tertiary/aromatic N) is 1. The number of aryl methyl sites for hydroxylation is 1. The van der Waals surface area contributed by atoms with Crippen molar-refractivity contribution in [2.45, 2.75) is 23.1 Å². The lowest BCUT2D eigenvalue weighted by Crippen LogP contribution is -2.43. The van der Waals surface area contributed by atoms with E-state index in [-0.39, 0.29) is 0 Å². The van der Waals surface area contributed by atoms with Crippen molar-refractivity contribution in [1.82, 2.24) is 10.2 Å². The van der Waals surface area contributed by atoms with E-state index in [1.807, 2.05) is 11.8 Å². The molecule has 0 radical (unpaired) electrons. The second-order valence-electron chi connectivity index (χ2n) is 6.60. The highest BCUT2D eigenvalue weighted by atomic mass is 32.2. The van der Waals surface area contributed by atoms with Gasteiger partial charge in [0.15, 0.2) is 0 Å². The van der Waals surface area contributed by atoms with Crippen LogP contribution in [0.15, 0.2) is 58.3 Å². The number of hydrogen-bond acceptors (Lipinski definition) is 3. The minimum atomic E-state index is 1.11. The van der Waals surface area contributed by atoms with Crippen molar-refractivity contribution in [2.24, 2.45) is 0 Å². The molecule has 4 rings (SSSR count). The maximum atomic E-state index is 3.43. The van der Waals surface area contributed by atoms with Crippen LogP contribution < -0.4 is 5.32 Å². The quantitative estimate of drug-likeness (QED) is 0.772. The third-order valence-corrected chi connectivity index (χ3v) is 5.98. The molecule has 0 aromatic heterocycles. The monoisotopic (exact) mass is 336 g/mol. The number of nitrogens with one attached hydrogen (secondary N) is 1. The van der Waals surface area contributed by atoms with E-state index in [1.165, 1.54) is 45.1 Å². The summed E-state index contributed by atoms with van der Waals surface area (Å²) in [6.45, 7) is 7.93. The number of benzene rings is 2. The molecule has 1 saturated heterocycles. The molecule has 0 amide bonds. The fourth-order valence-electron chi connectivity index (χ4n) is 3.53. The van der Waals surface area contributed by atoms with Crippen LogP contribution in [-0.2, 0) is 0 Å². The number of piperazine rings is 1. The minimum Gasteiger partial charge on any atom is -0.314 e. The van der Waals surface area contributed by atoms with E-state index in [0.29, 0.717) is 0 Å². The van der Waals surface area contributed by atoms with E-state index in [1.54, 1.807) is 0 Å². The van der Waals surface area contributed by atoms with Gasteiger partial charge in [0.05, 0.1) is 0 Å². The number of rotatable bonds is 3. The van der Waals surface area contributed by atoms with Gasteiger partial charge in [0.1, 0.15) is 0 Å². The fourth-order valence-corrected chi connectivity index (χ4v) is 4.62. The van der Waals surface area contributed by atoms with E-state index in [9.17, 15) is 0 Å². The van der Waals surface area contributed by atoms with Crippen LogP contribution in [0.4, 0.5) is 0 Å². The Labute approximate surface area is 149 Å². The molecule has 2 aliphatic rings. The molecule has 1 fully saturated rings. The first kappa shape index (κ1) is 15.9. The predicted molar refractivity (Wildman–Crippen MR) is 103 cm³/mol. The first-order valence-corrected chi connectivity index (χ1v) is 9.64. The van der Waals surface area contributed by atoms with Gasteiger partial charge in [-0.15, -0.1) is 0 Å². The van der Waals surface area contributed by atoms with E-state index in [4.69, 9.17) is 0 Å². The van der Waals surface area contributed by atoms with Crippen LogP contribution in [0.5, 0.6) is 0 Å². The summed E-state index contributed by atoms with van der Waals surface area (Å²) in [6, 6.07) is 15.6. The van der Waals surface area contributed by atoms with Crippen molar-refractivity contribution in [1.29, 1.82) is 0 Å². The molecule has 0 spiro atoms. The van der Waals surface area contributed by atoms with Gasteiger partial charge in [-0.1, -0.05) is 53.7 Å². The van der Waals surface area contributed by atoms with E-state index in [2.05, 4.69) is 65.7 Å². The van der Waals surface area contributed by atoms with Gasteiger partial charge < -0.3 is 10.2 Å². The van der Waals surface area contributed by atoms with Crippen molar-refractivity contribution < 1.29 is 0 Å². The zero-order valence-electron chi connectivity index (χ0n) is 14.2. The highest BCUT2D eigenvalue weighted by molar-refractivity contribution is 7.99. The van der Waals surface area contributed by atoms with Crippen LogP contribution in [0, 0.1) is 6.92 Å². The molecule has 1 N–H and O–H groups in total. The third-order valence-electron chi connectivity index (χ3n) is 4.83. The zero-order valence-corrected chi connectivity index (χ0v) is 15.0. The average Bonchev–Trinajstić information content (AvgIpc) is 2.62. The third kappa shape index (κ3) is 3.30. The summed E-state index contributed by atoms with van der Waals surface area (Å²) >= 11 is 1.90. The summed E-state index contributed by atoms with van der Waals surface area (Å²) in [7, 11) is 0. The topological polar surface area (TPSA) is 15.3 Å². The van der Waals surface area contributed by atoms with Gasteiger partial charge in [-0.05, 0) is 42.2 Å². The molecule has 2 aliphatic heterocycles. The maximum absolute atomic E-state index is 3.43. The van der Waals surface area contributed by atoms with E-state index >= 15 is 0 Å². The summed E-state index contributed by atoms with van der Waals surface area (Å²) in [5.41, 5.74) is 5.54. The Balaban J connectivity index is 1.63. The van der Waals surface area contributed by atoms with Gasteiger partial charge in [0, 0.05) is 42.5 Å². The first-order valence-electron chi connectivity index (χ1n) is 8.83. The molecule has 3 heteroatoms. The van der Waals surface area contributed by atoms with E-state index < -0.39 is 0 Å². The van der Waals surface area contributed by atoms with E-state index in [0.717, 1.165) is 26.1 Å². The van der Waals surface area contributed by atoms with Crippen LogP contribution in [0.1, 0.15) is 23.1 Å². The normalized spacial score (nSPS) is 19.1. The van der Waals surface area contributed by atoms with Crippen molar-refractivity contribution >= 4 is 17.3 Å². The summed E-state index contributed by atoms with van der Waals surface area (Å²) in [5.74, 6) is 0. The van der Waals surface area contributed by atoms with Gasteiger partial charge in [-0.25, -0.2) is 0 Å². The van der Waals surface area contributed by atoms with Crippen molar-refractivity contribution in [3.8, 4) is 0 Å². The largest absolute Gasteiger partial charge is 0.314 e. The van der Waals surface area contributed by atoms with Crippen molar-refractivity contribution in [3.63, 3.8) is 0 Å². The van der Waals surface area contributed by atoms with Gasteiger partial charge in [0.25, 0.3) is 0 Å².